The highest BCUT2D eigenvalue weighted by Gasteiger charge is 2.17. The molecule has 1 saturated carbocycles. The zero-order valence-electron chi connectivity index (χ0n) is 9.47. The van der Waals surface area contributed by atoms with Crippen molar-refractivity contribution >= 4 is 0 Å². The Morgan fingerprint density at radius 1 is 1.29 bits per heavy atom. The lowest BCUT2D eigenvalue weighted by atomic mass is 9.85. The molecule has 0 saturated heterocycles. The average molecular weight is 199 g/mol. The Hall–Kier alpha value is -0.0800. The van der Waals surface area contributed by atoms with Gasteiger partial charge < -0.3 is 10.4 Å². The lowest BCUT2D eigenvalue weighted by Gasteiger charge is -2.26. The average Bonchev–Trinajstić information content (AvgIpc) is 2.25. The molecule has 0 aromatic heterocycles. The van der Waals surface area contributed by atoms with Crippen LogP contribution < -0.4 is 5.32 Å². The molecular weight excluding hydrogens is 174 g/mol. The molecule has 1 aliphatic carbocycles. The van der Waals surface area contributed by atoms with Crippen molar-refractivity contribution in [2.75, 3.05) is 13.2 Å². The first kappa shape index (κ1) is 12.0. The van der Waals surface area contributed by atoms with Gasteiger partial charge in [-0.2, -0.15) is 0 Å². The van der Waals surface area contributed by atoms with Crippen molar-refractivity contribution in [2.45, 2.75) is 57.9 Å². The molecule has 84 valence electrons. The fourth-order valence-corrected chi connectivity index (χ4v) is 2.40. The summed E-state index contributed by atoms with van der Waals surface area (Å²) >= 11 is 0. The van der Waals surface area contributed by atoms with E-state index in [-0.39, 0.29) is 0 Å². The van der Waals surface area contributed by atoms with Crippen LogP contribution in [-0.4, -0.2) is 24.3 Å². The normalized spacial score (nSPS) is 21.0. The summed E-state index contributed by atoms with van der Waals surface area (Å²) in [7, 11) is 0. The van der Waals surface area contributed by atoms with Crippen molar-refractivity contribution in [2.24, 2.45) is 5.92 Å². The SMILES string of the molecule is CCCNC(CO)CC1CCCCC1. The Morgan fingerprint density at radius 2 is 2.00 bits per heavy atom. The molecule has 1 fully saturated rings. The molecule has 2 heteroatoms. The number of rotatable bonds is 6. The van der Waals surface area contributed by atoms with Gasteiger partial charge in [0.1, 0.15) is 0 Å². The monoisotopic (exact) mass is 199 g/mol. The smallest absolute Gasteiger partial charge is 0.0584 e. The van der Waals surface area contributed by atoms with Crippen molar-refractivity contribution in [3.05, 3.63) is 0 Å². The second kappa shape index (κ2) is 7.24. The van der Waals surface area contributed by atoms with Crippen LogP contribution in [0, 0.1) is 5.92 Å². The topological polar surface area (TPSA) is 32.3 Å². The third-order valence-electron chi connectivity index (χ3n) is 3.25. The van der Waals surface area contributed by atoms with Crippen LogP contribution in [0.5, 0.6) is 0 Å². The molecular formula is C12H25NO. The van der Waals surface area contributed by atoms with E-state index in [9.17, 15) is 5.11 Å². The van der Waals surface area contributed by atoms with E-state index in [0.717, 1.165) is 18.9 Å². The standard InChI is InChI=1S/C12H25NO/c1-2-8-13-12(10-14)9-11-6-4-3-5-7-11/h11-14H,2-10H2,1H3. The van der Waals surface area contributed by atoms with E-state index in [1.165, 1.54) is 38.5 Å². The minimum absolute atomic E-state index is 0.302. The van der Waals surface area contributed by atoms with Gasteiger partial charge in [0.25, 0.3) is 0 Å². The summed E-state index contributed by atoms with van der Waals surface area (Å²) in [6.07, 6.45) is 9.31. The minimum atomic E-state index is 0.302. The highest BCUT2D eigenvalue weighted by atomic mass is 16.3. The van der Waals surface area contributed by atoms with E-state index in [1.54, 1.807) is 0 Å². The fourth-order valence-electron chi connectivity index (χ4n) is 2.40. The van der Waals surface area contributed by atoms with Gasteiger partial charge in [0.05, 0.1) is 6.61 Å². The summed E-state index contributed by atoms with van der Waals surface area (Å²) in [6, 6.07) is 0.345. The first-order valence-corrected chi connectivity index (χ1v) is 6.21. The second-order valence-electron chi connectivity index (χ2n) is 4.57. The lowest BCUT2D eigenvalue weighted by molar-refractivity contribution is 0.204. The summed E-state index contributed by atoms with van der Waals surface area (Å²) in [5.41, 5.74) is 0. The van der Waals surface area contributed by atoms with Crippen LogP contribution in [0.3, 0.4) is 0 Å². The first-order chi connectivity index (χ1) is 6.86. The number of hydrogen-bond acceptors (Lipinski definition) is 2. The third kappa shape index (κ3) is 4.43. The predicted molar refractivity (Wildman–Crippen MR) is 60.4 cm³/mol. The van der Waals surface area contributed by atoms with Gasteiger partial charge in [0.2, 0.25) is 0 Å². The third-order valence-corrected chi connectivity index (χ3v) is 3.25. The summed E-state index contributed by atoms with van der Waals surface area (Å²) < 4.78 is 0. The summed E-state index contributed by atoms with van der Waals surface area (Å²) in [5.74, 6) is 0.866. The maximum atomic E-state index is 9.22. The van der Waals surface area contributed by atoms with Crippen LogP contribution in [-0.2, 0) is 0 Å². The van der Waals surface area contributed by atoms with E-state index >= 15 is 0 Å². The summed E-state index contributed by atoms with van der Waals surface area (Å²) in [6.45, 7) is 3.51. The zero-order valence-corrected chi connectivity index (χ0v) is 9.47. The molecule has 1 atom stereocenters. The molecule has 0 aliphatic heterocycles. The van der Waals surface area contributed by atoms with Crippen LogP contribution in [0.25, 0.3) is 0 Å². The fraction of sp³-hybridized carbons (Fsp3) is 1.00. The Bertz CT molecular complexity index is 132. The molecule has 0 spiro atoms. The number of hydrogen-bond donors (Lipinski definition) is 2. The zero-order chi connectivity index (χ0) is 10.2. The molecule has 1 aliphatic rings. The molecule has 0 aromatic carbocycles. The van der Waals surface area contributed by atoms with Gasteiger partial charge >= 0.3 is 0 Å². The van der Waals surface area contributed by atoms with Gasteiger partial charge in [-0.1, -0.05) is 39.0 Å². The lowest BCUT2D eigenvalue weighted by Crippen LogP contribution is -2.35. The largest absolute Gasteiger partial charge is 0.395 e. The predicted octanol–water partition coefficient (Wildman–Crippen LogP) is 2.32. The molecule has 0 bridgehead atoms. The summed E-state index contributed by atoms with van der Waals surface area (Å²) in [4.78, 5) is 0. The highest BCUT2D eigenvalue weighted by Crippen LogP contribution is 2.27. The molecule has 1 rings (SSSR count). The molecule has 14 heavy (non-hydrogen) atoms. The quantitative estimate of drug-likeness (QED) is 0.688. The molecule has 2 N–H and O–H groups in total. The van der Waals surface area contributed by atoms with E-state index in [1.807, 2.05) is 0 Å². The molecule has 0 aromatic rings. The Kier molecular flexibility index (Phi) is 6.20. The van der Waals surface area contributed by atoms with Gasteiger partial charge in [0, 0.05) is 6.04 Å². The summed E-state index contributed by atoms with van der Waals surface area (Å²) in [5, 5.41) is 12.6. The second-order valence-corrected chi connectivity index (χ2v) is 4.57. The Labute approximate surface area is 88.1 Å². The Morgan fingerprint density at radius 3 is 2.57 bits per heavy atom. The van der Waals surface area contributed by atoms with E-state index < -0.39 is 0 Å². The van der Waals surface area contributed by atoms with Crippen LogP contribution >= 0.6 is 0 Å². The molecule has 1 unspecified atom stereocenters. The van der Waals surface area contributed by atoms with Crippen molar-refractivity contribution in [1.82, 2.24) is 5.32 Å². The van der Waals surface area contributed by atoms with E-state index in [0.29, 0.717) is 12.6 Å². The van der Waals surface area contributed by atoms with Crippen LogP contribution in [0.1, 0.15) is 51.9 Å². The van der Waals surface area contributed by atoms with Gasteiger partial charge in [-0.25, -0.2) is 0 Å². The minimum Gasteiger partial charge on any atom is -0.395 e. The van der Waals surface area contributed by atoms with Crippen LogP contribution in [0.4, 0.5) is 0 Å². The number of aliphatic hydroxyl groups is 1. The number of nitrogens with one attached hydrogen (secondary N) is 1. The Balaban J connectivity index is 2.16. The molecule has 0 amide bonds. The first-order valence-electron chi connectivity index (χ1n) is 6.21. The highest BCUT2D eigenvalue weighted by molar-refractivity contribution is 4.73. The van der Waals surface area contributed by atoms with Crippen LogP contribution in [0.15, 0.2) is 0 Å². The van der Waals surface area contributed by atoms with Crippen molar-refractivity contribution in [1.29, 1.82) is 0 Å². The molecule has 2 nitrogen and oxygen atoms in total. The van der Waals surface area contributed by atoms with Crippen molar-refractivity contribution in [3.63, 3.8) is 0 Å². The van der Waals surface area contributed by atoms with Crippen molar-refractivity contribution in [3.8, 4) is 0 Å². The van der Waals surface area contributed by atoms with E-state index in [2.05, 4.69) is 12.2 Å². The van der Waals surface area contributed by atoms with Gasteiger partial charge in [-0.05, 0) is 25.3 Å². The van der Waals surface area contributed by atoms with Gasteiger partial charge in [0.15, 0.2) is 0 Å². The van der Waals surface area contributed by atoms with Crippen LogP contribution in [0.2, 0.25) is 0 Å². The maximum absolute atomic E-state index is 9.22. The maximum Gasteiger partial charge on any atom is 0.0584 e. The number of aliphatic hydroxyl groups excluding tert-OH is 1. The molecule has 0 heterocycles. The molecule has 0 radical (unpaired) electrons. The van der Waals surface area contributed by atoms with Gasteiger partial charge in [-0.15, -0.1) is 0 Å². The van der Waals surface area contributed by atoms with Crippen molar-refractivity contribution < 1.29 is 5.11 Å². The van der Waals surface area contributed by atoms with E-state index in [4.69, 9.17) is 0 Å². The van der Waals surface area contributed by atoms with Gasteiger partial charge in [-0.3, -0.25) is 0 Å².